The Hall–Kier alpha value is -1.78. The Labute approximate surface area is 166 Å². The van der Waals surface area contributed by atoms with Crippen molar-refractivity contribution < 1.29 is 45.7 Å². The number of halogens is 5. The lowest BCUT2D eigenvalue weighted by Gasteiger charge is -2.09. The van der Waals surface area contributed by atoms with Crippen molar-refractivity contribution >= 4 is 5.97 Å². The van der Waals surface area contributed by atoms with Crippen LogP contribution in [0.3, 0.4) is 0 Å². The molecule has 0 spiro atoms. The summed E-state index contributed by atoms with van der Waals surface area (Å²) in [7, 11) is 0. The van der Waals surface area contributed by atoms with E-state index in [1.807, 2.05) is 0 Å². The maximum absolute atomic E-state index is 13.4. The van der Waals surface area contributed by atoms with Crippen LogP contribution in [0.5, 0.6) is 5.75 Å². The minimum atomic E-state index is -2.33. The number of carbonyl (C=O) groups is 1. The predicted octanol–water partition coefficient (Wildman–Crippen LogP) is 4.31. The molecular weight excluding hydrogens is 403 g/mol. The number of benzene rings is 1. The minimum absolute atomic E-state index is 0.145. The van der Waals surface area contributed by atoms with Gasteiger partial charge in [0.25, 0.3) is 0 Å². The Bertz CT molecular complexity index is 613. The molecule has 0 heterocycles. The van der Waals surface area contributed by atoms with E-state index in [1.54, 1.807) is 0 Å². The van der Waals surface area contributed by atoms with Crippen molar-refractivity contribution in [3.63, 3.8) is 0 Å². The van der Waals surface area contributed by atoms with Crippen LogP contribution in [-0.4, -0.2) is 45.6 Å². The number of hydrogen-bond acceptors (Lipinski definition) is 5. The summed E-state index contributed by atoms with van der Waals surface area (Å²) in [6.45, 7) is 3.88. The second kappa shape index (κ2) is 14.2. The fourth-order valence-electron chi connectivity index (χ4n) is 2.17. The molecule has 10 heteroatoms. The number of rotatable bonds is 15. The van der Waals surface area contributed by atoms with Crippen LogP contribution in [0.2, 0.25) is 0 Å². The standard InChI is InChI=1S/C19H25F5O5/c1-2-3-4-5-7-26-9-11-28-12-10-27-8-6-13(25)29-19-17(23)15(21)14(20)16(22)18(19)24/h2-12H2,1H3. The van der Waals surface area contributed by atoms with E-state index in [9.17, 15) is 26.7 Å². The van der Waals surface area contributed by atoms with Gasteiger partial charge in [-0.25, -0.2) is 13.2 Å². The van der Waals surface area contributed by atoms with E-state index in [0.29, 0.717) is 19.8 Å². The fraction of sp³-hybridized carbons (Fsp3) is 0.632. The van der Waals surface area contributed by atoms with Crippen molar-refractivity contribution in [3.05, 3.63) is 29.1 Å². The third-order valence-corrected chi connectivity index (χ3v) is 3.72. The maximum Gasteiger partial charge on any atom is 0.313 e. The third kappa shape index (κ3) is 9.05. The molecular formula is C19H25F5O5. The molecule has 0 amide bonds. The number of hydrogen-bond donors (Lipinski definition) is 0. The van der Waals surface area contributed by atoms with Crippen molar-refractivity contribution in [2.24, 2.45) is 0 Å². The number of esters is 1. The SMILES string of the molecule is CCCCCCOCCOCCOCCC(=O)Oc1c(F)c(F)c(F)c(F)c1F. The van der Waals surface area contributed by atoms with Crippen molar-refractivity contribution in [2.75, 3.05) is 39.6 Å². The first-order chi connectivity index (χ1) is 13.9. The highest BCUT2D eigenvalue weighted by atomic mass is 19.2. The Morgan fingerprint density at radius 1 is 0.655 bits per heavy atom. The third-order valence-electron chi connectivity index (χ3n) is 3.72. The van der Waals surface area contributed by atoms with Crippen LogP contribution in [0.25, 0.3) is 0 Å². The molecule has 166 valence electrons. The average molecular weight is 428 g/mol. The van der Waals surface area contributed by atoms with Crippen LogP contribution in [0.15, 0.2) is 0 Å². The molecule has 0 saturated heterocycles. The van der Waals surface area contributed by atoms with Crippen LogP contribution in [0, 0.1) is 29.1 Å². The van der Waals surface area contributed by atoms with E-state index in [4.69, 9.17) is 14.2 Å². The molecule has 29 heavy (non-hydrogen) atoms. The zero-order valence-electron chi connectivity index (χ0n) is 16.2. The molecule has 1 rings (SSSR count). The second-order valence-corrected chi connectivity index (χ2v) is 6.02. The van der Waals surface area contributed by atoms with Gasteiger partial charge >= 0.3 is 5.97 Å². The Morgan fingerprint density at radius 2 is 1.14 bits per heavy atom. The van der Waals surface area contributed by atoms with E-state index < -0.39 is 47.2 Å². The largest absolute Gasteiger partial charge is 0.420 e. The zero-order chi connectivity index (χ0) is 21.6. The number of unbranched alkanes of at least 4 members (excludes halogenated alkanes) is 3. The fourth-order valence-corrected chi connectivity index (χ4v) is 2.17. The van der Waals surface area contributed by atoms with Gasteiger partial charge in [0.05, 0.1) is 39.5 Å². The molecule has 1 aromatic carbocycles. The van der Waals surface area contributed by atoms with Gasteiger partial charge in [-0.1, -0.05) is 26.2 Å². The van der Waals surface area contributed by atoms with E-state index in [1.165, 1.54) is 6.42 Å². The van der Waals surface area contributed by atoms with E-state index >= 15 is 0 Å². The summed E-state index contributed by atoms with van der Waals surface area (Å²) in [4.78, 5) is 11.5. The first-order valence-corrected chi connectivity index (χ1v) is 9.35. The Balaban J connectivity index is 2.13. The molecule has 0 bridgehead atoms. The van der Waals surface area contributed by atoms with Crippen molar-refractivity contribution in [1.29, 1.82) is 0 Å². The lowest BCUT2D eigenvalue weighted by molar-refractivity contribution is -0.136. The van der Waals surface area contributed by atoms with Gasteiger partial charge in [-0.2, -0.15) is 8.78 Å². The van der Waals surface area contributed by atoms with Gasteiger partial charge in [0.1, 0.15) is 0 Å². The Kier molecular flexibility index (Phi) is 12.4. The lowest BCUT2D eigenvalue weighted by Crippen LogP contribution is -2.16. The molecule has 0 N–H and O–H groups in total. The van der Waals surface area contributed by atoms with Gasteiger partial charge in [0.15, 0.2) is 0 Å². The molecule has 0 saturated carbocycles. The van der Waals surface area contributed by atoms with Gasteiger partial charge in [-0.05, 0) is 6.42 Å². The molecule has 0 aliphatic heterocycles. The molecule has 0 fully saturated rings. The van der Waals surface area contributed by atoms with E-state index in [-0.39, 0.29) is 19.8 Å². The normalized spacial score (nSPS) is 11.1. The summed E-state index contributed by atoms with van der Waals surface area (Å²) >= 11 is 0. The topological polar surface area (TPSA) is 54.0 Å². The Morgan fingerprint density at radius 3 is 1.69 bits per heavy atom. The van der Waals surface area contributed by atoms with Gasteiger partial charge in [-0.3, -0.25) is 4.79 Å². The van der Waals surface area contributed by atoms with Crippen LogP contribution in [0.4, 0.5) is 22.0 Å². The van der Waals surface area contributed by atoms with Gasteiger partial charge in [-0.15, -0.1) is 0 Å². The quantitative estimate of drug-likeness (QED) is 0.104. The molecule has 1 aromatic rings. The van der Waals surface area contributed by atoms with Crippen LogP contribution < -0.4 is 4.74 Å². The summed E-state index contributed by atoms with van der Waals surface area (Å²) in [5.41, 5.74) is 0. The average Bonchev–Trinajstić information content (AvgIpc) is 2.71. The van der Waals surface area contributed by atoms with Gasteiger partial charge in [0, 0.05) is 6.61 Å². The molecule has 5 nitrogen and oxygen atoms in total. The summed E-state index contributed by atoms with van der Waals surface area (Å²) < 4.78 is 85.7. The van der Waals surface area contributed by atoms with Gasteiger partial charge in [0.2, 0.25) is 34.8 Å². The molecule has 0 aliphatic carbocycles. The monoisotopic (exact) mass is 428 g/mol. The maximum atomic E-state index is 13.4. The van der Waals surface area contributed by atoms with Crippen LogP contribution >= 0.6 is 0 Å². The molecule has 0 atom stereocenters. The van der Waals surface area contributed by atoms with Crippen molar-refractivity contribution in [3.8, 4) is 5.75 Å². The smallest absolute Gasteiger partial charge is 0.313 e. The molecule has 0 unspecified atom stereocenters. The molecule has 0 aromatic heterocycles. The molecule has 0 aliphatic rings. The number of carbonyl (C=O) groups excluding carboxylic acids is 1. The van der Waals surface area contributed by atoms with E-state index in [2.05, 4.69) is 11.7 Å². The first-order valence-electron chi connectivity index (χ1n) is 9.35. The van der Waals surface area contributed by atoms with Gasteiger partial charge < -0.3 is 18.9 Å². The van der Waals surface area contributed by atoms with Crippen LogP contribution in [0.1, 0.15) is 39.0 Å². The molecule has 0 radical (unpaired) electrons. The summed E-state index contributed by atoms with van der Waals surface area (Å²) in [6, 6.07) is 0. The zero-order valence-corrected chi connectivity index (χ0v) is 16.2. The van der Waals surface area contributed by atoms with E-state index in [0.717, 1.165) is 19.3 Å². The highest BCUT2D eigenvalue weighted by molar-refractivity contribution is 5.72. The second-order valence-electron chi connectivity index (χ2n) is 6.02. The number of ether oxygens (including phenoxy) is 4. The highest BCUT2D eigenvalue weighted by Crippen LogP contribution is 2.29. The highest BCUT2D eigenvalue weighted by Gasteiger charge is 2.28. The summed E-state index contributed by atoms with van der Waals surface area (Å²) in [5, 5.41) is 0. The lowest BCUT2D eigenvalue weighted by atomic mass is 10.2. The van der Waals surface area contributed by atoms with Crippen molar-refractivity contribution in [2.45, 2.75) is 39.0 Å². The summed E-state index contributed by atoms with van der Waals surface area (Å²) in [6.07, 6.45) is 4.06. The minimum Gasteiger partial charge on any atom is -0.420 e. The summed E-state index contributed by atoms with van der Waals surface area (Å²) in [5.74, 6) is -14.0. The first kappa shape index (κ1) is 25.3. The van der Waals surface area contributed by atoms with Crippen LogP contribution in [-0.2, 0) is 19.0 Å². The predicted molar refractivity (Wildman–Crippen MR) is 93.1 cm³/mol. The van der Waals surface area contributed by atoms with Crippen molar-refractivity contribution in [1.82, 2.24) is 0 Å².